The highest BCUT2D eigenvalue weighted by Gasteiger charge is 2.38. The van der Waals surface area contributed by atoms with Crippen LogP contribution in [0.25, 0.3) is 0 Å². The third kappa shape index (κ3) is 2.47. The molecular formula is C13H17BrO2. The van der Waals surface area contributed by atoms with Crippen LogP contribution in [0.2, 0.25) is 0 Å². The average molecular weight is 285 g/mol. The maximum absolute atomic E-state index is 5.88. The van der Waals surface area contributed by atoms with Gasteiger partial charge in [-0.25, -0.2) is 0 Å². The van der Waals surface area contributed by atoms with Gasteiger partial charge in [0.1, 0.15) is 0 Å². The van der Waals surface area contributed by atoms with E-state index < -0.39 is 5.79 Å². The van der Waals surface area contributed by atoms with Gasteiger partial charge in [0, 0.05) is 15.5 Å². The molecule has 3 heteroatoms. The predicted octanol–water partition coefficient (Wildman–Crippen LogP) is 3.69. The first-order valence-electron chi connectivity index (χ1n) is 5.45. The first-order chi connectivity index (χ1) is 7.41. The van der Waals surface area contributed by atoms with Crippen LogP contribution in [0.15, 0.2) is 28.7 Å². The summed E-state index contributed by atoms with van der Waals surface area (Å²) in [5.41, 5.74) is 1.16. The largest absolute Gasteiger partial charge is 0.345 e. The van der Waals surface area contributed by atoms with Crippen molar-refractivity contribution in [1.82, 2.24) is 0 Å². The second-order valence-corrected chi connectivity index (χ2v) is 6.11. The Kier molecular flexibility index (Phi) is 3.12. The average Bonchev–Trinajstić information content (AvgIpc) is 2.23. The van der Waals surface area contributed by atoms with Crippen molar-refractivity contribution >= 4 is 15.9 Å². The van der Waals surface area contributed by atoms with Gasteiger partial charge in [0.25, 0.3) is 0 Å². The summed E-state index contributed by atoms with van der Waals surface area (Å²) in [5, 5.41) is 0. The van der Waals surface area contributed by atoms with Crippen LogP contribution in [0, 0.1) is 5.41 Å². The second-order valence-electron chi connectivity index (χ2n) is 5.20. The molecule has 2 nitrogen and oxygen atoms in total. The van der Waals surface area contributed by atoms with E-state index in [1.165, 1.54) is 0 Å². The summed E-state index contributed by atoms with van der Waals surface area (Å²) in [4.78, 5) is 0. The molecule has 0 spiro atoms. The molecule has 1 aliphatic heterocycles. The zero-order valence-corrected chi connectivity index (χ0v) is 11.5. The summed E-state index contributed by atoms with van der Waals surface area (Å²) in [5.74, 6) is -0.612. The lowest BCUT2D eigenvalue weighted by atomic mass is 9.94. The Hall–Kier alpha value is -0.380. The smallest absolute Gasteiger partial charge is 0.191 e. The quantitative estimate of drug-likeness (QED) is 0.783. The maximum atomic E-state index is 5.88. The van der Waals surface area contributed by atoms with Crippen LogP contribution in [0.3, 0.4) is 0 Å². The molecule has 1 saturated heterocycles. The molecule has 2 rings (SSSR count). The molecule has 0 amide bonds. The van der Waals surface area contributed by atoms with Gasteiger partial charge in [0.2, 0.25) is 0 Å². The molecule has 0 unspecified atom stereocenters. The van der Waals surface area contributed by atoms with E-state index in [2.05, 4.69) is 29.8 Å². The highest BCUT2D eigenvalue weighted by Crippen LogP contribution is 2.36. The van der Waals surface area contributed by atoms with E-state index >= 15 is 0 Å². The summed E-state index contributed by atoms with van der Waals surface area (Å²) < 4.78 is 12.8. The topological polar surface area (TPSA) is 18.5 Å². The first-order valence-corrected chi connectivity index (χ1v) is 6.25. The molecule has 1 aromatic carbocycles. The molecule has 16 heavy (non-hydrogen) atoms. The van der Waals surface area contributed by atoms with Gasteiger partial charge in [-0.05, 0) is 19.1 Å². The molecule has 0 aromatic heterocycles. The summed E-state index contributed by atoms with van der Waals surface area (Å²) in [6, 6.07) is 8.07. The number of hydrogen-bond donors (Lipinski definition) is 0. The van der Waals surface area contributed by atoms with Crippen LogP contribution in [0.4, 0.5) is 0 Å². The van der Waals surface area contributed by atoms with Gasteiger partial charge in [-0.1, -0.05) is 41.9 Å². The zero-order chi connectivity index (χ0) is 11.8. The molecule has 88 valence electrons. The molecule has 0 aliphatic carbocycles. The van der Waals surface area contributed by atoms with Crippen LogP contribution >= 0.6 is 15.9 Å². The van der Waals surface area contributed by atoms with Crippen molar-refractivity contribution in [1.29, 1.82) is 0 Å². The Morgan fingerprint density at radius 2 is 1.75 bits per heavy atom. The van der Waals surface area contributed by atoms with E-state index in [4.69, 9.17) is 9.47 Å². The van der Waals surface area contributed by atoms with Gasteiger partial charge < -0.3 is 9.47 Å². The number of benzene rings is 1. The molecule has 1 aromatic rings. The molecule has 0 atom stereocenters. The molecule has 1 fully saturated rings. The third-order valence-electron chi connectivity index (χ3n) is 2.83. The minimum absolute atomic E-state index is 0.103. The van der Waals surface area contributed by atoms with Crippen molar-refractivity contribution in [2.24, 2.45) is 5.41 Å². The van der Waals surface area contributed by atoms with Crippen molar-refractivity contribution in [3.63, 3.8) is 0 Å². The lowest BCUT2D eigenvalue weighted by molar-refractivity contribution is -0.298. The normalized spacial score (nSPS) is 23.0. The van der Waals surface area contributed by atoms with E-state index in [9.17, 15) is 0 Å². The summed E-state index contributed by atoms with van der Waals surface area (Å²) in [6.07, 6.45) is 0. The lowest BCUT2D eigenvalue weighted by Crippen LogP contribution is -2.43. The van der Waals surface area contributed by atoms with Crippen molar-refractivity contribution in [2.45, 2.75) is 26.6 Å². The zero-order valence-electron chi connectivity index (χ0n) is 9.92. The van der Waals surface area contributed by atoms with E-state index in [0.29, 0.717) is 0 Å². The molecule has 0 bridgehead atoms. The van der Waals surface area contributed by atoms with Gasteiger partial charge in [-0.15, -0.1) is 0 Å². The minimum atomic E-state index is -0.612. The molecule has 0 radical (unpaired) electrons. The number of ether oxygens (including phenoxy) is 2. The van der Waals surface area contributed by atoms with Crippen LogP contribution < -0.4 is 0 Å². The molecule has 1 aliphatic rings. The van der Waals surface area contributed by atoms with Crippen molar-refractivity contribution in [2.75, 3.05) is 13.2 Å². The fourth-order valence-electron chi connectivity index (χ4n) is 1.69. The Balaban J connectivity index is 2.21. The Bertz CT molecular complexity index is 377. The SMILES string of the molecule is CC1(C)COC(C)(c2cccc(Br)c2)OC1. The van der Waals surface area contributed by atoms with E-state index in [0.717, 1.165) is 23.2 Å². The van der Waals surface area contributed by atoms with E-state index in [-0.39, 0.29) is 5.41 Å². The number of hydrogen-bond acceptors (Lipinski definition) is 2. The summed E-state index contributed by atoms with van der Waals surface area (Å²) >= 11 is 3.46. The second kappa shape index (κ2) is 4.13. The predicted molar refractivity (Wildman–Crippen MR) is 67.2 cm³/mol. The lowest BCUT2D eigenvalue weighted by Gasteiger charge is -2.41. The van der Waals surface area contributed by atoms with Gasteiger partial charge in [-0.3, -0.25) is 0 Å². The third-order valence-corrected chi connectivity index (χ3v) is 3.32. The summed E-state index contributed by atoms with van der Waals surface area (Å²) in [6.45, 7) is 7.71. The number of rotatable bonds is 1. The Morgan fingerprint density at radius 1 is 1.12 bits per heavy atom. The highest BCUT2D eigenvalue weighted by atomic mass is 79.9. The minimum Gasteiger partial charge on any atom is -0.345 e. The fourth-order valence-corrected chi connectivity index (χ4v) is 2.09. The van der Waals surface area contributed by atoms with E-state index in [1.54, 1.807) is 0 Å². The van der Waals surface area contributed by atoms with Crippen molar-refractivity contribution in [3.8, 4) is 0 Å². The Labute approximate surface area is 105 Å². The van der Waals surface area contributed by atoms with Crippen LogP contribution in [-0.4, -0.2) is 13.2 Å². The maximum Gasteiger partial charge on any atom is 0.191 e. The van der Waals surface area contributed by atoms with Gasteiger partial charge >= 0.3 is 0 Å². The molecule has 0 saturated carbocycles. The van der Waals surface area contributed by atoms with Crippen LogP contribution in [0.5, 0.6) is 0 Å². The van der Waals surface area contributed by atoms with E-state index in [1.807, 2.05) is 31.2 Å². The van der Waals surface area contributed by atoms with Gasteiger partial charge in [-0.2, -0.15) is 0 Å². The van der Waals surface area contributed by atoms with Gasteiger partial charge in [0.15, 0.2) is 5.79 Å². The number of halogens is 1. The van der Waals surface area contributed by atoms with Crippen molar-refractivity contribution in [3.05, 3.63) is 34.3 Å². The van der Waals surface area contributed by atoms with Crippen molar-refractivity contribution < 1.29 is 9.47 Å². The fraction of sp³-hybridized carbons (Fsp3) is 0.538. The Morgan fingerprint density at radius 3 is 2.31 bits per heavy atom. The first kappa shape index (κ1) is 12.1. The summed E-state index contributed by atoms with van der Waals surface area (Å²) in [7, 11) is 0. The molecular weight excluding hydrogens is 268 g/mol. The highest BCUT2D eigenvalue weighted by molar-refractivity contribution is 9.10. The van der Waals surface area contributed by atoms with Crippen LogP contribution in [-0.2, 0) is 15.3 Å². The standard InChI is InChI=1S/C13H17BrO2/c1-12(2)8-15-13(3,16-9-12)10-5-4-6-11(14)7-10/h4-7H,8-9H2,1-3H3. The molecule has 1 heterocycles. The molecule has 0 N–H and O–H groups in total. The monoisotopic (exact) mass is 284 g/mol. The van der Waals surface area contributed by atoms with Crippen LogP contribution in [0.1, 0.15) is 26.3 Å². The van der Waals surface area contributed by atoms with Gasteiger partial charge in [0.05, 0.1) is 13.2 Å².